The maximum Gasteiger partial charge on any atom is 0.238 e. The molecule has 2 bridgehead atoms. The van der Waals surface area contributed by atoms with Gasteiger partial charge in [0.1, 0.15) is 5.75 Å². The number of benzene rings is 1. The van der Waals surface area contributed by atoms with Gasteiger partial charge in [-0.3, -0.25) is 14.5 Å². The third kappa shape index (κ3) is 1.51. The highest BCUT2D eigenvalue weighted by molar-refractivity contribution is 6.23. The molecule has 1 aliphatic heterocycles. The predicted molar refractivity (Wildman–Crippen MR) is 84.9 cm³/mol. The fourth-order valence-corrected chi connectivity index (χ4v) is 5.19. The van der Waals surface area contributed by atoms with Gasteiger partial charge in [-0.1, -0.05) is 12.2 Å². The highest BCUT2D eigenvalue weighted by Gasteiger charge is 2.73. The van der Waals surface area contributed by atoms with Crippen LogP contribution in [0, 0.1) is 29.1 Å². The fraction of sp³-hybridized carbons (Fsp3) is 0.474. The van der Waals surface area contributed by atoms with Gasteiger partial charge in [0.15, 0.2) is 0 Å². The number of carbonyl (C=O) groups is 2. The Morgan fingerprint density at radius 3 is 2.09 bits per heavy atom. The summed E-state index contributed by atoms with van der Waals surface area (Å²) in [5, 5.41) is 0. The third-order valence-electron chi connectivity index (χ3n) is 6.26. The minimum atomic E-state index is -0.133. The van der Waals surface area contributed by atoms with Crippen molar-refractivity contribution < 1.29 is 14.3 Å². The number of anilines is 1. The minimum Gasteiger partial charge on any atom is -0.494 e. The number of fused-ring (bicyclic) bond motifs is 3. The number of allylic oxidation sites excluding steroid dienone is 2. The molecule has 4 atom stereocenters. The van der Waals surface area contributed by atoms with Gasteiger partial charge in [-0.25, -0.2) is 0 Å². The van der Waals surface area contributed by atoms with Gasteiger partial charge < -0.3 is 4.74 Å². The second kappa shape index (κ2) is 4.25. The molecule has 4 heteroatoms. The van der Waals surface area contributed by atoms with E-state index in [1.54, 1.807) is 0 Å². The molecule has 0 aromatic heterocycles. The monoisotopic (exact) mass is 309 g/mol. The lowest BCUT2D eigenvalue weighted by Gasteiger charge is -2.21. The summed E-state index contributed by atoms with van der Waals surface area (Å²) in [6.07, 6.45) is 6.75. The quantitative estimate of drug-likeness (QED) is 0.637. The molecule has 4 nitrogen and oxygen atoms in total. The van der Waals surface area contributed by atoms with Crippen molar-refractivity contribution in [3.63, 3.8) is 0 Å². The Labute approximate surface area is 135 Å². The van der Waals surface area contributed by atoms with Crippen molar-refractivity contribution in [3.05, 3.63) is 36.4 Å². The summed E-state index contributed by atoms with van der Waals surface area (Å²) >= 11 is 0. The fourth-order valence-electron chi connectivity index (χ4n) is 5.19. The molecule has 1 spiro atoms. The molecular weight excluding hydrogens is 290 g/mol. The number of nitrogens with zero attached hydrogens (tertiary/aromatic N) is 1. The molecule has 2 amide bonds. The molecule has 23 heavy (non-hydrogen) atoms. The zero-order valence-electron chi connectivity index (χ0n) is 13.1. The molecule has 1 heterocycles. The maximum absolute atomic E-state index is 13.0. The predicted octanol–water partition coefficient (Wildman–Crippen LogP) is 2.79. The van der Waals surface area contributed by atoms with Crippen LogP contribution in [0.5, 0.6) is 5.75 Å². The summed E-state index contributed by atoms with van der Waals surface area (Å²) in [6, 6.07) is 7.26. The number of hydrogen-bond acceptors (Lipinski definition) is 3. The van der Waals surface area contributed by atoms with E-state index in [0.717, 1.165) is 5.75 Å². The van der Waals surface area contributed by atoms with E-state index in [0.29, 0.717) is 12.3 Å². The summed E-state index contributed by atoms with van der Waals surface area (Å²) in [4.78, 5) is 27.3. The van der Waals surface area contributed by atoms with Crippen molar-refractivity contribution in [2.45, 2.75) is 19.8 Å². The zero-order chi connectivity index (χ0) is 15.8. The summed E-state index contributed by atoms with van der Waals surface area (Å²) in [5.41, 5.74) is 0.924. The van der Waals surface area contributed by atoms with Crippen molar-refractivity contribution in [3.8, 4) is 5.75 Å². The van der Waals surface area contributed by atoms with Crippen molar-refractivity contribution in [1.82, 2.24) is 0 Å². The lowest BCUT2D eigenvalue weighted by molar-refractivity contribution is -0.123. The first kappa shape index (κ1) is 13.3. The molecule has 1 aromatic carbocycles. The first-order chi connectivity index (χ1) is 11.2. The van der Waals surface area contributed by atoms with Crippen LogP contribution in [0.15, 0.2) is 36.4 Å². The van der Waals surface area contributed by atoms with E-state index in [-0.39, 0.29) is 40.9 Å². The topological polar surface area (TPSA) is 46.6 Å². The Bertz CT molecular complexity index is 697. The van der Waals surface area contributed by atoms with E-state index in [1.165, 1.54) is 17.7 Å². The maximum atomic E-state index is 13.0. The second-order valence-corrected chi connectivity index (χ2v) is 7.16. The largest absolute Gasteiger partial charge is 0.494 e. The van der Waals surface area contributed by atoms with Gasteiger partial charge in [-0.05, 0) is 61.3 Å². The Morgan fingerprint density at radius 1 is 1.04 bits per heavy atom. The van der Waals surface area contributed by atoms with Crippen molar-refractivity contribution in [1.29, 1.82) is 0 Å². The lowest BCUT2D eigenvalue weighted by Crippen LogP contribution is -2.34. The Kier molecular flexibility index (Phi) is 2.47. The van der Waals surface area contributed by atoms with E-state index in [9.17, 15) is 9.59 Å². The van der Waals surface area contributed by atoms with E-state index in [2.05, 4.69) is 12.2 Å². The van der Waals surface area contributed by atoms with Crippen LogP contribution in [0.25, 0.3) is 0 Å². The summed E-state index contributed by atoms with van der Waals surface area (Å²) in [5.74, 6) is 1.04. The van der Waals surface area contributed by atoms with E-state index >= 15 is 0 Å². The third-order valence-corrected chi connectivity index (χ3v) is 6.26. The normalized spacial score (nSPS) is 35.3. The van der Waals surface area contributed by atoms with Crippen LogP contribution in [0.3, 0.4) is 0 Å². The van der Waals surface area contributed by atoms with Crippen LogP contribution in [0.1, 0.15) is 19.8 Å². The van der Waals surface area contributed by atoms with Crippen LogP contribution in [-0.4, -0.2) is 18.4 Å². The van der Waals surface area contributed by atoms with Crippen molar-refractivity contribution >= 4 is 17.5 Å². The van der Waals surface area contributed by atoms with Gasteiger partial charge in [0.2, 0.25) is 11.8 Å². The van der Waals surface area contributed by atoms with Crippen LogP contribution in [-0.2, 0) is 9.59 Å². The average Bonchev–Trinajstić information content (AvgIpc) is 3.15. The SMILES string of the molecule is CCOc1ccc(N2C(=O)[C@@H]3[C@@H](C2=O)[C@@H]2C=C[C@H]3C23CC3)cc1. The number of hydrogen-bond donors (Lipinski definition) is 0. The summed E-state index contributed by atoms with van der Waals surface area (Å²) < 4.78 is 5.43. The number of amides is 2. The lowest BCUT2D eigenvalue weighted by atomic mass is 9.85. The zero-order valence-corrected chi connectivity index (χ0v) is 13.1. The summed E-state index contributed by atoms with van der Waals surface area (Å²) in [6.45, 7) is 2.53. The van der Waals surface area contributed by atoms with Gasteiger partial charge >= 0.3 is 0 Å². The van der Waals surface area contributed by atoms with Crippen LogP contribution in [0.2, 0.25) is 0 Å². The number of ether oxygens (including phenoxy) is 1. The molecule has 3 aliphatic carbocycles. The number of carbonyl (C=O) groups excluding carboxylic acids is 2. The molecule has 3 fully saturated rings. The molecule has 2 saturated carbocycles. The van der Waals surface area contributed by atoms with Gasteiger partial charge in [-0.15, -0.1) is 0 Å². The first-order valence-corrected chi connectivity index (χ1v) is 8.46. The molecule has 0 N–H and O–H groups in total. The Balaban J connectivity index is 1.48. The molecular formula is C19H19NO3. The van der Waals surface area contributed by atoms with Gasteiger partial charge in [0.05, 0.1) is 24.1 Å². The molecule has 118 valence electrons. The first-order valence-electron chi connectivity index (χ1n) is 8.46. The molecule has 1 saturated heterocycles. The minimum absolute atomic E-state index is 0.00714. The molecule has 1 aromatic rings. The van der Waals surface area contributed by atoms with Gasteiger partial charge in [-0.2, -0.15) is 0 Å². The van der Waals surface area contributed by atoms with Crippen molar-refractivity contribution in [2.24, 2.45) is 29.1 Å². The van der Waals surface area contributed by atoms with E-state index < -0.39 is 0 Å². The number of rotatable bonds is 3. The van der Waals surface area contributed by atoms with E-state index in [1.807, 2.05) is 31.2 Å². The van der Waals surface area contributed by atoms with Crippen LogP contribution >= 0.6 is 0 Å². The molecule has 4 aliphatic rings. The van der Waals surface area contributed by atoms with Crippen LogP contribution in [0.4, 0.5) is 5.69 Å². The molecule has 5 rings (SSSR count). The smallest absolute Gasteiger partial charge is 0.238 e. The standard InChI is InChI=1S/C19H19NO3/c1-2-23-12-5-3-11(4-6-12)20-17(21)15-13-7-8-14(16(15)18(20)22)19(13)9-10-19/h3-8,13-16H,2,9-10H2,1H3/t13-,14+,15-,16-/m0/s1. The Hall–Kier alpha value is -2.10. The van der Waals surface area contributed by atoms with Gasteiger partial charge in [0.25, 0.3) is 0 Å². The highest BCUT2D eigenvalue weighted by Crippen LogP contribution is 2.73. The highest BCUT2D eigenvalue weighted by atomic mass is 16.5. The van der Waals surface area contributed by atoms with Gasteiger partial charge in [0, 0.05) is 0 Å². The average molecular weight is 309 g/mol. The van der Waals surface area contributed by atoms with Crippen LogP contribution < -0.4 is 9.64 Å². The molecule has 0 unspecified atom stereocenters. The second-order valence-electron chi connectivity index (χ2n) is 7.16. The Morgan fingerprint density at radius 2 is 1.61 bits per heavy atom. The summed E-state index contributed by atoms with van der Waals surface area (Å²) in [7, 11) is 0. The van der Waals surface area contributed by atoms with Crippen molar-refractivity contribution in [2.75, 3.05) is 11.5 Å². The molecule has 0 radical (unpaired) electrons. The number of imide groups is 1. The van der Waals surface area contributed by atoms with E-state index in [4.69, 9.17) is 4.74 Å².